The lowest BCUT2D eigenvalue weighted by Crippen LogP contribution is -2.55. The van der Waals surface area contributed by atoms with E-state index in [2.05, 4.69) is 10.3 Å². The van der Waals surface area contributed by atoms with Gasteiger partial charge in [0.1, 0.15) is 11.9 Å². The van der Waals surface area contributed by atoms with Crippen molar-refractivity contribution < 1.29 is 4.79 Å². The maximum absolute atomic E-state index is 11.8. The molecule has 0 spiro atoms. The number of nitrogens with two attached hydrogens (primary N) is 1. The van der Waals surface area contributed by atoms with Crippen LogP contribution in [-0.2, 0) is 4.79 Å². The summed E-state index contributed by atoms with van der Waals surface area (Å²) in [6.07, 6.45) is 0.775. The molecule has 0 aliphatic carbocycles. The Kier molecular flexibility index (Phi) is 3.17. The van der Waals surface area contributed by atoms with Crippen LogP contribution in [0.15, 0.2) is 12.1 Å². The lowest BCUT2D eigenvalue weighted by Gasteiger charge is -2.35. The SMILES string of the molecule is CCC1C(=O)NCCN1c1ccc(N)c(C)n1. The topological polar surface area (TPSA) is 71.2 Å². The third-order valence-electron chi connectivity index (χ3n) is 3.12. The molecule has 1 aliphatic rings. The number of anilines is 2. The molecule has 2 rings (SSSR count). The van der Waals surface area contributed by atoms with Crippen LogP contribution >= 0.6 is 0 Å². The summed E-state index contributed by atoms with van der Waals surface area (Å²) >= 11 is 0. The van der Waals surface area contributed by atoms with Gasteiger partial charge in [-0.3, -0.25) is 4.79 Å². The van der Waals surface area contributed by atoms with Gasteiger partial charge in [0.2, 0.25) is 5.91 Å². The number of hydrogen-bond acceptors (Lipinski definition) is 4. The highest BCUT2D eigenvalue weighted by Gasteiger charge is 2.28. The zero-order chi connectivity index (χ0) is 12.4. The van der Waals surface area contributed by atoms with E-state index in [9.17, 15) is 4.79 Å². The Balaban J connectivity index is 2.30. The highest BCUT2D eigenvalue weighted by atomic mass is 16.2. The number of amides is 1. The molecule has 1 aliphatic heterocycles. The van der Waals surface area contributed by atoms with Crippen molar-refractivity contribution in [3.05, 3.63) is 17.8 Å². The number of pyridine rings is 1. The van der Waals surface area contributed by atoms with Gasteiger partial charge < -0.3 is 16.0 Å². The van der Waals surface area contributed by atoms with Gasteiger partial charge in [0.05, 0.1) is 11.4 Å². The van der Waals surface area contributed by atoms with Crippen LogP contribution in [0.1, 0.15) is 19.0 Å². The number of nitrogen functional groups attached to an aromatic ring is 1. The van der Waals surface area contributed by atoms with Gasteiger partial charge in [-0.05, 0) is 25.5 Å². The fourth-order valence-electron chi connectivity index (χ4n) is 2.11. The van der Waals surface area contributed by atoms with Gasteiger partial charge in [-0.15, -0.1) is 0 Å². The van der Waals surface area contributed by atoms with E-state index in [1.165, 1.54) is 0 Å². The van der Waals surface area contributed by atoms with E-state index < -0.39 is 0 Å². The molecule has 17 heavy (non-hydrogen) atoms. The van der Waals surface area contributed by atoms with E-state index in [4.69, 9.17) is 5.73 Å². The van der Waals surface area contributed by atoms with Crippen molar-refractivity contribution in [1.82, 2.24) is 10.3 Å². The van der Waals surface area contributed by atoms with Crippen molar-refractivity contribution in [3.63, 3.8) is 0 Å². The van der Waals surface area contributed by atoms with E-state index in [1.54, 1.807) is 0 Å². The molecule has 1 aromatic heterocycles. The number of carbonyl (C=O) groups is 1. The molecule has 1 amide bonds. The average molecular weight is 234 g/mol. The van der Waals surface area contributed by atoms with Crippen LogP contribution in [0.5, 0.6) is 0 Å². The van der Waals surface area contributed by atoms with Crippen molar-refractivity contribution in [2.75, 3.05) is 23.7 Å². The maximum Gasteiger partial charge on any atom is 0.242 e. The quantitative estimate of drug-likeness (QED) is 0.789. The number of rotatable bonds is 2. The molecule has 5 heteroatoms. The molecule has 1 unspecified atom stereocenters. The third-order valence-corrected chi connectivity index (χ3v) is 3.12. The number of aryl methyl sites for hydroxylation is 1. The molecule has 2 heterocycles. The lowest BCUT2D eigenvalue weighted by atomic mass is 10.1. The minimum absolute atomic E-state index is 0.0787. The van der Waals surface area contributed by atoms with Gasteiger partial charge in [0.25, 0.3) is 0 Å². The zero-order valence-corrected chi connectivity index (χ0v) is 10.2. The Hall–Kier alpha value is -1.78. The lowest BCUT2D eigenvalue weighted by molar-refractivity contribution is -0.123. The van der Waals surface area contributed by atoms with Gasteiger partial charge in [-0.1, -0.05) is 6.92 Å². The Morgan fingerprint density at radius 1 is 1.59 bits per heavy atom. The molecule has 1 atom stereocenters. The fraction of sp³-hybridized carbons (Fsp3) is 0.500. The summed E-state index contributed by atoms with van der Waals surface area (Å²) in [7, 11) is 0. The predicted octanol–water partition coefficient (Wildman–Crippen LogP) is 0.687. The van der Waals surface area contributed by atoms with E-state index in [0.717, 1.165) is 24.5 Å². The van der Waals surface area contributed by atoms with E-state index in [0.29, 0.717) is 12.2 Å². The van der Waals surface area contributed by atoms with Crippen molar-refractivity contribution >= 4 is 17.4 Å². The molecular weight excluding hydrogens is 216 g/mol. The molecule has 1 aromatic rings. The van der Waals surface area contributed by atoms with Crippen molar-refractivity contribution in [2.45, 2.75) is 26.3 Å². The second-order valence-electron chi connectivity index (χ2n) is 4.25. The van der Waals surface area contributed by atoms with Crippen molar-refractivity contribution in [1.29, 1.82) is 0 Å². The Morgan fingerprint density at radius 3 is 3.00 bits per heavy atom. The molecule has 5 nitrogen and oxygen atoms in total. The molecule has 92 valence electrons. The van der Waals surface area contributed by atoms with Gasteiger partial charge in [0.15, 0.2) is 0 Å². The number of nitrogens with zero attached hydrogens (tertiary/aromatic N) is 2. The van der Waals surface area contributed by atoms with E-state index in [-0.39, 0.29) is 11.9 Å². The molecular formula is C12H18N4O. The Labute approximate surface area is 101 Å². The first-order chi connectivity index (χ1) is 8.13. The number of hydrogen-bond donors (Lipinski definition) is 2. The summed E-state index contributed by atoms with van der Waals surface area (Å²) in [5.41, 5.74) is 7.24. The summed E-state index contributed by atoms with van der Waals surface area (Å²) in [5, 5.41) is 2.88. The van der Waals surface area contributed by atoms with Crippen LogP contribution in [-0.4, -0.2) is 30.0 Å². The van der Waals surface area contributed by atoms with Crippen LogP contribution in [0.4, 0.5) is 11.5 Å². The second kappa shape index (κ2) is 4.61. The molecule has 0 saturated carbocycles. The van der Waals surface area contributed by atoms with Gasteiger partial charge in [-0.2, -0.15) is 0 Å². The minimum atomic E-state index is -0.126. The first-order valence-electron chi connectivity index (χ1n) is 5.91. The minimum Gasteiger partial charge on any atom is -0.397 e. The molecule has 1 fully saturated rings. The first-order valence-corrected chi connectivity index (χ1v) is 5.91. The Morgan fingerprint density at radius 2 is 2.35 bits per heavy atom. The normalized spacial score (nSPS) is 20.2. The van der Waals surface area contributed by atoms with Crippen LogP contribution in [0, 0.1) is 6.92 Å². The van der Waals surface area contributed by atoms with Crippen LogP contribution < -0.4 is 16.0 Å². The first kappa shape index (κ1) is 11.7. The zero-order valence-electron chi connectivity index (χ0n) is 10.2. The molecule has 0 aromatic carbocycles. The summed E-state index contributed by atoms with van der Waals surface area (Å²) in [5.74, 6) is 0.911. The predicted molar refractivity (Wildman–Crippen MR) is 67.8 cm³/mol. The Bertz CT molecular complexity index is 433. The van der Waals surface area contributed by atoms with Crippen molar-refractivity contribution in [3.8, 4) is 0 Å². The number of piperazine rings is 1. The molecule has 0 bridgehead atoms. The largest absolute Gasteiger partial charge is 0.397 e. The van der Waals surface area contributed by atoms with Gasteiger partial charge >= 0.3 is 0 Å². The smallest absolute Gasteiger partial charge is 0.242 e. The second-order valence-corrected chi connectivity index (χ2v) is 4.25. The summed E-state index contributed by atoms with van der Waals surface area (Å²) in [6, 6.07) is 3.60. The summed E-state index contributed by atoms with van der Waals surface area (Å²) < 4.78 is 0. The van der Waals surface area contributed by atoms with Crippen LogP contribution in [0.2, 0.25) is 0 Å². The van der Waals surface area contributed by atoms with Crippen LogP contribution in [0.25, 0.3) is 0 Å². The van der Waals surface area contributed by atoms with Gasteiger partial charge in [-0.25, -0.2) is 4.98 Å². The average Bonchev–Trinajstić information content (AvgIpc) is 2.32. The van der Waals surface area contributed by atoms with E-state index >= 15 is 0 Å². The summed E-state index contributed by atoms with van der Waals surface area (Å²) in [4.78, 5) is 18.3. The standard InChI is InChI=1S/C12H18N4O/c1-3-10-12(17)14-6-7-16(10)11-5-4-9(13)8(2)15-11/h4-5,10H,3,6-7,13H2,1-2H3,(H,14,17). The van der Waals surface area contributed by atoms with E-state index in [1.807, 2.05) is 30.9 Å². The fourth-order valence-corrected chi connectivity index (χ4v) is 2.11. The maximum atomic E-state index is 11.8. The number of aromatic nitrogens is 1. The third kappa shape index (κ3) is 2.18. The monoisotopic (exact) mass is 234 g/mol. The highest BCUT2D eigenvalue weighted by molar-refractivity contribution is 5.86. The molecule has 1 saturated heterocycles. The molecule has 0 radical (unpaired) electrons. The van der Waals surface area contributed by atoms with Crippen molar-refractivity contribution in [2.24, 2.45) is 0 Å². The van der Waals surface area contributed by atoms with Crippen LogP contribution in [0.3, 0.4) is 0 Å². The molecule has 3 N–H and O–H groups in total. The highest BCUT2D eigenvalue weighted by Crippen LogP contribution is 2.20. The summed E-state index contributed by atoms with van der Waals surface area (Å²) in [6.45, 7) is 5.34. The van der Waals surface area contributed by atoms with Gasteiger partial charge in [0, 0.05) is 13.1 Å². The number of carbonyl (C=O) groups excluding carboxylic acids is 1. The number of nitrogens with one attached hydrogen (secondary N) is 1.